The van der Waals surface area contributed by atoms with Crippen LogP contribution in [0.1, 0.15) is 19.8 Å². The third kappa shape index (κ3) is 3.53. The monoisotopic (exact) mass is 243 g/mol. The summed E-state index contributed by atoms with van der Waals surface area (Å²) in [5, 5.41) is 0. The molecular weight excluding hydrogens is 227 g/mol. The van der Waals surface area contributed by atoms with Gasteiger partial charge in [-0.15, -0.1) is 0 Å². The zero-order valence-corrected chi connectivity index (χ0v) is 9.46. The van der Waals surface area contributed by atoms with Crippen molar-refractivity contribution >= 4 is 11.8 Å². The summed E-state index contributed by atoms with van der Waals surface area (Å²) in [6.45, 7) is 2.89. The van der Waals surface area contributed by atoms with Crippen molar-refractivity contribution in [2.24, 2.45) is 11.1 Å². The molecule has 0 aromatic rings. The highest BCUT2D eigenvalue weighted by Crippen LogP contribution is 2.40. The highest BCUT2D eigenvalue weighted by Gasteiger charge is 2.41. The molecule has 6 heteroatoms. The summed E-state index contributed by atoms with van der Waals surface area (Å²) < 4.78 is 41.2. The average Bonchev–Trinajstić information content (AvgIpc) is 2.46. The topological polar surface area (TPSA) is 35.2 Å². The Morgan fingerprint density at radius 3 is 2.60 bits per heavy atom. The van der Waals surface area contributed by atoms with Gasteiger partial charge >= 0.3 is 5.51 Å². The Balaban J connectivity index is 2.41. The lowest BCUT2D eigenvalue weighted by molar-refractivity contribution is -0.0330. The van der Waals surface area contributed by atoms with E-state index < -0.39 is 5.51 Å². The van der Waals surface area contributed by atoms with Crippen LogP contribution in [-0.2, 0) is 4.74 Å². The second-order valence-corrected chi connectivity index (χ2v) is 5.03. The van der Waals surface area contributed by atoms with Crippen LogP contribution in [0.5, 0.6) is 0 Å². The summed E-state index contributed by atoms with van der Waals surface area (Å²) in [6, 6.07) is 0. The first-order valence-corrected chi connectivity index (χ1v) is 5.90. The van der Waals surface area contributed by atoms with E-state index in [9.17, 15) is 13.2 Å². The van der Waals surface area contributed by atoms with Crippen LogP contribution < -0.4 is 5.73 Å². The van der Waals surface area contributed by atoms with E-state index in [1.807, 2.05) is 6.92 Å². The van der Waals surface area contributed by atoms with E-state index in [4.69, 9.17) is 10.5 Å². The van der Waals surface area contributed by atoms with Crippen LogP contribution in [0.2, 0.25) is 0 Å². The van der Waals surface area contributed by atoms with Gasteiger partial charge in [0.25, 0.3) is 0 Å². The van der Waals surface area contributed by atoms with Crippen molar-refractivity contribution in [2.75, 3.05) is 18.9 Å². The molecule has 15 heavy (non-hydrogen) atoms. The Labute approximate surface area is 91.7 Å². The average molecular weight is 243 g/mol. The van der Waals surface area contributed by atoms with Gasteiger partial charge in [-0.05, 0) is 19.8 Å². The van der Waals surface area contributed by atoms with Crippen LogP contribution in [0.25, 0.3) is 0 Å². The third-order valence-electron chi connectivity index (χ3n) is 3.10. The van der Waals surface area contributed by atoms with E-state index in [-0.39, 0.29) is 29.0 Å². The first-order chi connectivity index (χ1) is 6.90. The molecule has 2 atom stereocenters. The highest BCUT2D eigenvalue weighted by atomic mass is 32.2. The Kier molecular flexibility index (Phi) is 4.31. The first kappa shape index (κ1) is 13.1. The van der Waals surface area contributed by atoms with E-state index in [1.165, 1.54) is 0 Å². The fourth-order valence-corrected chi connectivity index (χ4v) is 2.63. The molecule has 1 fully saturated rings. The molecule has 0 saturated carbocycles. The molecule has 0 aromatic heterocycles. The Bertz CT molecular complexity index is 212. The molecule has 1 rings (SSSR count). The normalized spacial score (nSPS) is 32.2. The minimum absolute atomic E-state index is 0.0253. The lowest BCUT2D eigenvalue weighted by atomic mass is 9.79. The number of alkyl halides is 3. The van der Waals surface area contributed by atoms with Gasteiger partial charge in [0.1, 0.15) is 0 Å². The number of ether oxygens (including phenoxy) is 1. The summed E-state index contributed by atoms with van der Waals surface area (Å²) in [6.07, 6.45) is 1.20. The summed E-state index contributed by atoms with van der Waals surface area (Å²) in [4.78, 5) is 0. The lowest BCUT2D eigenvalue weighted by Gasteiger charge is -2.30. The Morgan fingerprint density at radius 2 is 2.20 bits per heavy atom. The van der Waals surface area contributed by atoms with Crippen LogP contribution >= 0.6 is 11.8 Å². The molecule has 0 spiro atoms. The fourth-order valence-electron chi connectivity index (χ4n) is 1.89. The van der Waals surface area contributed by atoms with Gasteiger partial charge in [-0.2, -0.15) is 13.2 Å². The number of rotatable bonds is 4. The molecule has 2 unspecified atom stereocenters. The van der Waals surface area contributed by atoms with Gasteiger partial charge in [-0.25, -0.2) is 0 Å². The largest absolute Gasteiger partial charge is 0.441 e. The smallest absolute Gasteiger partial charge is 0.378 e. The molecule has 1 aliphatic rings. The number of hydrogen-bond acceptors (Lipinski definition) is 3. The zero-order valence-electron chi connectivity index (χ0n) is 8.64. The Morgan fingerprint density at radius 1 is 1.53 bits per heavy atom. The third-order valence-corrected chi connectivity index (χ3v) is 3.84. The molecule has 2 N–H and O–H groups in total. The minimum atomic E-state index is -4.14. The Hall–Kier alpha value is 0.0600. The van der Waals surface area contributed by atoms with E-state index >= 15 is 0 Å². The number of hydrogen-bond donors (Lipinski definition) is 1. The van der Waals surface area contributed by atoms with Gasteiger partial charge in [0.05, 0.1) is 6.10 Å². The number of thioether (sulfide) groups is 1. The van der Waals surface area contributed by atoms with Crippen molar-refractivity contribution in [3.05, 3.63) is 0 Å². The van der Waals surface area contributed by atoms with Gasteiger partial charge in [0.15, 0.2) is 0 Å². The van der Waals surface area contributed by atoms with Crippen LogP contribution in [-0.4, -0.2) is 30.5 Å². The molecule has 0 radical (unpaired) electrons. The molecule has 0 bridgehead atoms. The fraction of sp³-hybridized carbons (Fsp3) is 1.00. The SMILES string of the molecule is CC1OCCC1(CN)CCSC(F)(F)F. The van der Waals surface area contributed by atoms with Gasteiger partial charge in [0.2, 0.25) is 0 Å². The van der Waals surface area contributed by atoms with E-state index in [1.54, 1.807) is 0 Å². The van der Waals surface area contributed by atoms with Crippen molar-refractivity contribution in [2.45, 2.75) is 31.4 Å². The van der Waals surface area contributed by atoms with Crippen molar-refractivity contribution in [3.63, 3.8) is 0 Å². The van der Waals surface area contributed by atoms with E-state index in [0.717, 1.165) is 6.42 Å². The number of nitrogens with two attached hydrogens (primary N) is 1. The quantitative estimate of drug-likeness (QED) is 0.823. The molecule has 0 aromatic carbocycles. The van der Waals surface area contributed by atoms with Crippen LogP contribution in [0, 0.1) is 5.41 Å². The number of halogens is 3. The van der Waals surface area contributed by atoms with Crippen molar-refractivity contribution in [3.8, 4) is 0 Å². The molecular formula is C9H16F3NOS. The predicted octanol–water partition coefficient (Wildman–Crippen LogP) is 2.38. The van der Waals surface area contributed by atoms with Crippen LogP contribution in [0.3, 0.4) is 0 Å². The summed E-state index contributed by atoms with van der Waals surface area (Å²) in [7, 11) is 0. The maximum absolute atomic E-state index is 12.0. The summed E-state index contributed by atoms with van der Waals surface area (Å²) >= 11 is 0.0253. The van der Waals surface area contributed by atoms with E-state index in [0.29, 0.717) is 19.6 Å². The van der Waals surface area contributed by atoms with Gasteiger partial charge in [0, 0.05) is 24.3 Å². The molecule has 0 aliphatic carbocycles. The molecule has 1 aliphatic heterocycles. The predicted molar refractivity (Wildman–Crippen MR) is 54.6 cm³/mol. The maximum atomic E-state index is 12.0. The van der Waals surface area contributed by atoms with Crippen LogP contribution in [0.4, 0.5) is 13.2 Å². The maximum Gasteiger partial charge on any atom is 0.441 e. The standard InChI is InChI=1S/C9H16F3NOS/c1-7-8(6-13,2-4-14-7)3-5-15-9(10,11)12/h7H,2-6,13H2,1H3. The van der Waals surface area contributed by atoms with Gasteiger partial charge in [-0.3, -0.25) is 0 Å². The highest BCUT2D eigenvalue weighted by molar-refractivity contribution is 8.00. The van der Waals surface area contributed by atoms with Crippen molar-refractivity contribution in [1.82, 2.24) is 0 Å². The molecule has 1 saturated heterocycles. The summed E-state index contributed by atoms with van der Waals surface area (Å²) in [5.41, 5.74) is 1.25. The first-order valence-electron chi connectivity index (χ1n) is 4.92. The van der Waals surface area contributed by atoms with Gasteiger partial charge in [-0.1, -0.05) is 11.8 Å². The second kappa shape index (κ2) is 4.93. The summed E-state index contributed by atoms with van der Waals surface area (Å²) in [5.74, 6) is 0.0639. The van der Waals surface area contributed by atoms with Gasteiger partial charge < -0.3 is 10.5 Å². The molecule has 2 nitrogen and oxygen atoms in total. The van der Waals surface area contributed by atoms with Crippen LogP contribution in [0.15, 0.2) is 0 Å². The molecule has 0 amide bonds. The van der Waals surface area contributed by atoms with Crippen molar-refractivity contribution < 1.29 is 17.9 Å². The second-order valence-electron chi connectivity index (χ2n) is 3.87. The lowest BCUT2D eigenvalue weighted by Crippen LogP contribution is -2.37. The zero-order chi connectivity index (χ0) is 11.5. The van der Waals surface area contributed by atoms with E-state index in [2.05, 4.69) is 0 Å². The minimum Gasteiger partial charge on any atom is -0.378 e. The molecule has 1 heterocycles. The molecule has 90 valence electrons. The van der Waals surface area contributed by atoms with Crippen molar-refractivity contribution in [1.29, 1.82) is 0 Å².